The molecule has 1 aliphatic rings. The highest BCUT2D eigenvalue weighted by Crippen LogP contribution is 2.51. The van der Waals surface area contributed by atoms with Crippen LogP contribution in [0.25, 0.3) is 0 Å². The molecule has 0 aliphatic heterocycles. The van der Waals surface area contributed by atoms with Gasteiger partial charge in [0.15, 0.2) is 0 Å². The van der Waals surface area contributed by atoms with Crippen LogP contribution in [0.15, 0.2) is 17.7 Å². The normalized spacial score (nSPS) is 21.6. The minimum atomic E-state index is 0.113. The van der Waals surface area contributed by atoms with Crippen molar-refractivity contribution in [1.29, 1.82) is 0 Å². The van der Waals surface area contributed by atoms with Crippen molar-refractivity contribution in [1.82, 2.24) is 0 Å². The summed E-state index contributed by atoms with van der Waals surface area (Å²) in [6.07, 6.45) is 5.96. The molecular weight excluding hydrogens is 288 g/mol. The molecule has 3 N–H and O–H groups in total. The van der Waals surface area contributed by atoms with Gasteiger partial charge in [-0.2, -0.15) is 0 Å². The van der Waals surface area contributed by atoms with Gasteiger partial charge in [-0.25, -0.2) is 0 Å². The number of phenolic OH excluding ortho intramolecular Hbond substituents is 2. The molecule has 3 atom stereocenters. The van der Waals surface area contributed by atoms with Gasteiger partial charge >= 0.3 is 0 Å². The second-order valence-electron chi connectivity index (χ2n) is 7.27. The molecule has 0 aromatic heterocycles. The fourth-order valence-corrected chi connectivity index (χ4v) is 3.92. The Morgan fingerprint density at radius 2 is 1.96 bits per heavy atom. The summed E-state index contributed by atoms with van der Waals surface area (Å²) in [6.45, 7) is 8.20. The molecular formula is C20H30O3. The van der Waals surface area contributed by atoms with Gasteiger partial charge in [0, 0.05) is 17.7 Å². The van der Waals surface area contributed by atoms with E-state index in [0.29, 0.717) is 11.3 Å². The van der Waals surface area contributed by atoms with Gasteiger partial charge in [-0.3, -0.25) is 0 Å². The Balaban J connectivity index is 2.38. The zero-order valence-electron chi connectivity index (χ0n) is 14.8. The first-order chi connectivity index (χ1) is 10.9. The number of aliphatic hydroxyl groups excluding tert-OH is 1. The summed E-state index contributed by atoms with van der Waals surface area (Å²) in [5.74, 6) is 1.06. The van der Waals surface area contributed by atoms with E-state index in [0.717, 1.165) is 36.8 Å². The molecule has 2 rings (SSSR count). The van der Waals surface area contributed by atoms with Crippen molar-refractivity contribution >= 4 is 0 Å². The van der Waals surface area contributed by atoms with Crippen molar-refractivity contribution < 1.29 is 15.3 Å². The lowest BCUT2D eigenvalue weighted by atomic mass is 9.70. The summed E-state index contributed by atoms with van der Waals surface area (Å²) < 4.78 is 0. The molecule has 128 valence electrons. The van der Waals surface area contributed by atoms with E-state index in [1.807, 2.05) is 6.92 Å². The number of benzene rings is 1. The first kappa shape index (κ1) is 17.9. The van der Waals surface area contributed by atoms with E-state index in [1.165, 1.54) is 5.57 Å². The van der Waals surface area contributed by atoms with E-state index in [1.54, 1.807) is 6.07 Å². The first-order valence-corrected chi connectivity index (χ1v) is 8.66. The second-order valence-corrected chi connectivity index (χ2v) is 7.27. The molecule has 1 aromatic carbocycles. The molecule has 0 heterocycles. The number of hydrogen-bond donors (Lipinski definition) is 3. The summed E-state index contributed by atoms with van der Waals surface area (Å²) in [6, 6.07) is 1.66. The lowest BCUT2D eigenvalue weighted by Crippen LogP contribution is -2.23. The van der Waals surface area contributed by atoms with Gasteiger partial charge in [0.05, 0.1) is 0 Å². The Labute approximate surface area is 139 Å². The topological polar surface area (TPSA) is 60.7 Å². The van der Waals surface area contributed by atoms with Crippen molar-refractivity contribution in [3.63, 3.8) is 0 Å². The standard InChI is InChI=1S/C20H30O3/c1-12(2)6-5-7-15(11-21)16-9-8-13(3)18-17(22)10-14(4)20(23)19(16)18/h6,10,13,15-16,21-23H,5,7-9,11H2,1-4H3. The van der Waals surface area contributed by atoms with Crippen LogP contribution in [0.2, 0.25) is 0 Å². The number of fused-ring (bicyclic) bond motifs is 1. The number of aromatic hydroxyl groups is 2. The predicted molar refractivity (Wildman–Crippen MR) is 94.1 cm³/mol. The van der Waals surface area contributed by atoms with Gasteiger partial charge < -0.3 is 15.3 Å². The van der Waals surface area contributed by atoms with Crippen molar-refractivity contribution in [2.45, 2.75) is 65.2 Å². The van der Waals surface area contributed by atoms with Gasteiger partial charge in [0.2, 0.25) is 0 Å². The molecule has 0 fully saturated rings. The lowest BCUT2D eigenvalue weighted by Gasteiger charge is -2.35. The number of hydrogen-bond acceptors (Lipinski definition) is 3. The molecule has 0 bridgehead atoms. The van der Waals surface area contributed by atoms with E-state index in [-0.39, 0.29) is 30.1 Å². The van der Waals surface area contributed by atoms with E-state index in [4.69, 9.17) is 0 Å². The van der Waals surface area contributed by atoms with Gasteiger partial charge in [0.1, 0.15) is 11.5 Å². The number of aliphatic hydroxyl groups is 1. The number of allylic oxidation sites excluding steroid dienone is 2. The van der Waals surface area contributed by atoms with Gasteiger partial charge in [-0.15, -0.1) is 0 Å². The lowest BCUT2D eigenvalue weighted by molar-refractivity contribution is 0.183. The molecule has 0 saturated heterocycles. The van der Waals surface area contributed by atoms with Crippen LogP contribution in [-0.2, 0) is 0 Å². The van der Waals surface area contributed by atoms with Crippen molar-refractivity contribution in [3.8, 4) is 11.5 Å². The molecule has 3 heteroatoms. The molecule has 1 aliphatic carbocycles. The van der Waals surface area contributed by atoms with Gasteiger partial charge in [-0.05, 0) is 75.8 Å². The van der Waals surface area contributed by atoms with Crippen LogP contribution in [0.3, 0.4) is 0 Å². The maximum Gasteiger partial charge on any atom is 0.122 e. The highest BCUT2D eigenvalue weighted by atomic mass is 16.3. The molecule has 23 heavy (non-hydrogen) atoms. The number of aryl methyl sites for hydroxylation is 1. The molecule has 0 radical (unpaired) electrons. The number of phenols is 2. The Kier molecular flexibility index (Phi) is 5.74. The summed E-state index contributed by atoms with van der Waals surface area (Å²) in [5, 5.41) is 30.9. The fraction of sp³-hybridized carbons (Fsp3) is 0.600. The Morgan fingerprint density at radius 1 is 1.26 bits per heavy atom. The summed E-state index contributed by atoms with van der Waals surface area (Å²) >= 11 is 0. The minimum absolute atomic E-state index is 0.113. The average molecular weight is 318 g/mol. The smallest absolute Gasteiger partial charge is 0.122 e. The van der Waals surface area contributed by atoms with E-state index in [9.17, 15) is 15.3 Å². The Hall–Kier alpha value is -1.48. The average Bonchev–Trinajstić information content (AvgIpc) is 2.49. The third-order valence-electron chi connectivity index (χ3n) is 5.22. The molecule has 1 aromatic rings. The molecule has 0 saturated carbocycles. The molecule has 0 spiro atoms. The van der Waals surface area contributed by atoms with Crippen LogP contribution in [0.4, 0.5) is 0 Å². The maximum absolute atomic E-state index is 10.6. The van der Waals surface area contributed by atoms with Crippen LogP contribution in [0, 0.1) is 12.8 Å². The third kappa shape index (κ3) is 3.72. The van der Waals surface area contributed by atoms with Crippen LogP contribution in [0.5, 0.6) is 11.5 Å². The van der Waals surface area contributed by atoms with E-state index >= 15 is 0 Å². The SMILES string of the molecule is CC(C)=CCCC(CO)C1CCC(C)c2c(O)cc(C)c(O)c21. The van der Waals surface area contributed by atoms with Crippen LogP contribution < -0.4 is 0 Å². The second kappa shape index (κ2) is 7.39. The zero-order chi connectivity index (χ0) is 17.1. The van der Waals surface area contributed by atoms with Gasteiger partial charge in [0.25, 0.3) is 0 Å². The highest BCUT2D eigenvalue weighted by molar-refractivity contribution is 5.56. The maximum atomic E-state index is 10.6. The molecule has 0 amide bonds. The monoisotopic (exact) mass is 318 g/mol. The molecule has 3 unspecified atom stereocenters. The van der Waals surface area contributed by atoms with E-state index in [2.05, 4.69) is 26.8 Å². The minimum Gasteiger partial charge on any atom is -0.508 e. The number of rotatable bonds is 5. The van der Waals surface area contributed by atoms with E-state index < -0.39 is 0 Å². The fourth-order valence-electron chi connectivity index (χ4n) is 3.92. The Morgan fingerprint density at radius 3 is 2.57 bits per heavy atom. The quantitative estimate of drug-likeness (QED) is 0.543. The van der Waals surface area contributed by atoms with Crippen LogP contribution >= 0.6 is 0 Å². The van der Waals surface area contributed by atoms with Crippen LogP contribution in [0.1, 0.15) is 75.0 Å². The van der Waals surface area contributed by atoms with Crippen molar-refractivity contribution in [2.75, 3.05) is 6.61 Å². The van der Waals surface area contributed by atoms with Crippen molar-refractivity contribution in [2.24, 2.45) is 5.92 Å². The molecule has 3 nitrogen and oxygen atoms in total. The highest BCUT2D eigenvalue weighted by Gasteiger charge is 2.34. The zero-order valence-corrected chi connectivity index (χ0v) is 14.8. The van der Waals surface area contributed by atoms with Gasteiger partial charge in [-0.1, -0.05) is 18.6 Å². The Bertz CT molecular complexity index is 585. The summed E-state index contributed by atoms with van der Waals surface area (Å²) in [7, 11) is 0. The summed E-state index contributed by atoms with van der Waals surface area (Å²) in [4.78, 5) is 0. The first-order valence-electron chi connectivity index (χ1n) is 8.66. The predicted octanol–water partition coefficient (Wildman–Crippen LogP) is 4.74. The largest absolute Gasteiger partial charge is 0.508 e. The third-order valence-corrected chi connectivity index (χ3v) is 5.22. The van der Waals surface area contributed by atoms with Crippen molar-refractivity contribution in [3.05, 3.63) is 34.4 Å². The van der Waals surface area contributed by atoms with Crippen LogP contribution in [-0.4, -0.2) is 21.9 Å². The summed E-state index contributed by atoms with van der Waals surface area (Å²) in [5.41, 5.74) is 3.75.